The first-order valence-corrected chi connectivity index (χ1v) is 9.01. The van der Waals surface area contributed by atoms with Gasteiger partial charge in [0.1, 0.15) is 0 Å². The summed E-state index contributed by atoms with van der Waals surface area (Å²) in [6.45, 7) is 4.79. The van der Waals surface area contributed by atoms with Gasteiger partial charge in [-0.25, -0.2) is 0 Å². The van der Waals surface area contributed by atoms with Crippen molar-refractivity contribution in [1.82, 2.24) is 5.32 Å². The smallest absolute Gasteiger partial charge is 0.228 e. The van der Waals surface area contributed by atoms with Crippen LogP contribution in [0, 0.1) is 11.3 Å². The summed E-state index contributed by atoms with van der Waals surface area (Å²) in [4.78, 5) is 14.2. The number of rotatable bonds is 5. The van der Waals surface area contributed by atoms with E-state index in [1.165, 1.54) is 17.7 Å². The van der Waals surface area contributed by atoms with Gasteiger partial charge in [-0.1, -0.05) is 45.6 Å². The summed E-state index contributed by atoms with van der Waals surface area (Å²) in [6.07, 6.45) is 6.57. The molecule has 0 radical (unpaired) electrons. The number of nitrogens with two attached hydrogens (primary N) is 1. The van der Waals surface area contributed by atoms with E-state index in [1.807, 2.05) is 6.07 Å². The molecule has 0 aromatic carbocycles. The molecule has 0 spiro atoms. The standard InChI is InChI=1S/C17H28N2OS/c1-13(2)15(14-8-7-11-21-14)19-16(20)17(12-18)9-5-3-4-6-10-17/h7-8,11,13,15H,3-6,9-10,12,18H2,1-2H3,(H,19,20). The highest BCUT2D eigenvalue weighted by Crippen LogP contribution is 2.36. The molecule has 1 unspecified atom stereocenters. The van der Waals surface area contributed by atoms with E-state index in [0.29, 0.717) is 12.5 Å². The molecule has 1 fully saturated rings. The molecule has 1 aromatic rings. The van der Waals surface area contributed by atoms with Crippen LogP contribution in [0.25, 0.3) is 0 Å². The molecule has 21 heavy (non-hydrogen) atoms. The Balaban J connectivity index is 2.13. The lowest BCUT2D eigenvalue weighted by Crippen LogP contribution is -2.47. The van der Waals surface area contributed by atoms with Crippen LogP contribution >= 0.6 is 11.3 Å². The molecular weight excluding hydrogens is 280 g/mol. The monoisotopic (exact) mass is 308 g/mol. The van der Waals surface area contributed by atoms with Crippen LogP contribution in [0.5, 0.6) is 0 Å². The lowest BCUT2D eigenvalue weighted by molar-refractivity contribution is -0.132. The van der Waals surface area contributed by atoms with Gasteiger partial charge in [0.25, 0.3) is 0 Å². The Bertz CT molecular complexity index is 434. The Kier molecular flexibility index (Phi) is 5.82. The quantitative estimate of drug-likeness (QED) is 0.812. The van der Waals surface area contributed by atoms with Gasteiger partial charge in [-0.15, -0.1) is 11.3 Å². The topological polar surface area (TPSA) is 55.1 Å². The highest BCUT2D eigenvalue weighted by Gasteiger charge is 2.38. The molecule has 1 atom stereocenters. The molecule has 0 aliphatic heterocycles. The molecule has 0 bridgehead atoms. The van der Waals surface area contributed by atoms with Crippen LogP contribution in [0.3, 0.4) is 0 Å². The van der Waals surface area contributed by atoms with Crippen molar-refractivity contribution in [1.29, 1.82) is 0 Å². The highest BCUT2D eigenvalue weighted by molar-refractivity contribution is 7.10. The van der Waals surface area contributed by atoms with E-state index in [9.17, 15) is 4.79 Å². The zero-order valence-electron chi connectivity index (χ0n) is 13.2. The van der Waals surface area contributed by atoms with Gasteiger partial charge in [0, 0.05) is 11.4 Å². The third-order valence-corrected chi connectivity index (χ3v) is 5.69. The molecule has 3 N–H and O–H groups in total. The first kappa shape index (κ1) is 16.5. The second-order valence-corrected chi connectivity index (χ2v) is 7.59. The predicted octanol–water partition coefficient (Wildman–Crippen LogP) is 3.86. The minimum atomic E-state index is -0.346. The summed E-state index contributed by atoms with van der Waals surface area (Å²) in [5.41, 5.74) is 5.67. The van der Waals surface area contributed by atoms with E-state index >= 15 is 0 Å². The Morgan fingerprint density at radius 3 is 2.48 bits per heavy atom. The van der Waals surface area contributed by atoms with Crippen LogP contribution in [0.1, 0.15) is 63.3 Å². The number of nitrogens with one attached hydrogen (secondary N) is 1. The van der Waals surface area contributed by atoms with E-state index < -0.39 is 0 Å². The Morgan fingerprint density at radius 1 is 1.33 bits per heavy atom. The van der Waals surface area contributed by atoms with E-state index in [0.717, 1.165) is 25.7 Å². The molecule has 3 nitrogen and oxygen atoms in total. The SMILES string of the molecule is CC(C)C(NC(=O)C1(CN)CCCCCC1)c1cccs1. The number of carbonyl (C=O) groups excluding carboxylic acids is 1. The fourth-order valence-corrected chi connectivity index (χ4v) is 4.21. The van der Waals surface area contributed by atoms with Crippen molar-refractivity contribution in [3.05, 3.63) is 22.4 Å². The summed E-state index contributed by atoms with van der Waals surface area (Å²) in [6, 6.07) is 4.26. The fraction of sp³-hybridized carbons (Fsp3) is 0.706. The minimum absolute atomic E-state index is 0.101. The summed E-state index contributed by atoms with van der Waals surface area (Å²) in [7, 11) is 0. The van der Waals surface area contributed by atoms with Gasteiger partial charge in [0.15, 0.2) is 0 Å². The number of carbonyl (C=O) groups is 1. The molecule has 1 aliphatic rings. The predicted molar refractivity (Wildman–Crippen MR) is 89.2 cm³/mol. The third-order valence-electron chi connectivity index (χ3n) is 4.74. The fourth-order valence-electron chi connectivity index (χ4n) is 3.26. The van der Waals surface area contributed by atoms with Crippen molar-refractivity contribution < 1.29 is 4.79 Å². The zero-order chi connectivity index (χ0) is 15.3. The van der Waals surface area contributed by atoms with Crippen LogP contribution in [-0.4, -0.2) is 12.5 Å². The lowest BCUT2D eigenvalue weighted by atomic mass is 9.79. The molecule has 0 saturated heterocycles. The van der Waals surface area contributed by atoms with E-state index in [2.05, 4.69) is 30.6 Å². The van der Waals surface area contributed by atoms with E-state index in [1.54, 1.807) is 11.3 Å². The minimum Gasteiger partial charge on any atom is -0.348 e. The second kappa shape index (κ2) is 7.41. The van der Waals surface area contributed by atoms with Crippen molar-refractivity contribution in [2.24, 2.45) is 17.1 Å². The first-order chi connectivity index (χ1) is 10.1. The van der Waals surface area contributed by atoms with Gasteiger partial charge in [0.2, 0.25) is 5.91 Å². The number of thiophene rings is 1. The van der Waals surface area contributed by atoms with Crippen LogP contribution in [0.2, 0.25) is 0 Å². The molecule has 1 aromatic heterocycles. The molecule has 1 amide bonds. The second-order valence-electron chi connectivity index (χ2n) is 6.61. The molecular formula is C17H28N2OS. The molecule has 1 heterocycles. The number of hydrogen-bond donors (Lipinski definition) is 2. The average molecular weight is 308 g/mol. The maximum Gasteiger partial charge on any atom is 0.228 e. The Morgan fingerprint density at radius 2 is 2.00 bits per heavy atom. The zero-order valence-corrected chi connectivity index (χ0v) is 14.0. The first-order valence-electron chi connectivity index (χ1n) is 8.13. The molecule has 4 heteroatoms. The van der Waals surface area contributed by atoms with Gasteiger partial charge in [0.05, 0.1) is 11.5 Å². The van der Waals surface area contributed by atoms with Gasteiger partial charge < -0.3 is 11.1 Å². The van der Waals surface area contributed by atoms with Crippen molar-refractivity contribution in [3.8, 4) is 0 Å². The normalized spacial score (nSPS) is 20.0. The van der Waals surface area contributed by atoms with Gasteiger partial charge in [-0.05, 0) is 30.2 Å². The van der Waals surface area contributed by atoms with Crippen LogP contribution in [0.4, 0.5) is 0 Å². The average Bonchev–Trinajstić information content (AvgIpc) is 2.88. The summed E-state index contributed by atoms with van der Waals surface area (Å²) in [5, 5.41) is 5.37. The maximum absolute atomic E-state index is 12.9. The maximum atomic E-state index is 12.9. The van der Waals surface area contributed by atoms with Crippen molar-refractivity contribution in [2.75, 3.05) is 6.54 Å². The van der Waals surface area contributed by atoms with Gasteiger partial charge in [-0.2, -0.15) is 0 Å². The highest BCUT2D eigenvalue weighted by atomic mass is 32.1. The van der Waals surface area contributed by atoms with Crippen LogP contribution < -0.4 is 11.1 Å². The number of amides is 1. The van der Waals surface area contributed by atoms with Crippen LogP contribution in [-0.2, 0) is 4.79 Å². The van der Waals surface area contributed by atoms with Gasteiger partial charge >= 0.3 is 0 Å². The molecule has 2 rings (SSSR count). The van der Waals surface area contributed by atoms with E-state index in [4.69, 9.17) is 5.73 Å². The van der Waals surface area contributed by atoms with Crippen molar-refractivity contribution >= 4 is 17.2 Å². The molecule has 118 valence electrons. The van der Waals surface area contributed by atoms with Crippen molar-refractivity contribution in [3.63, 3.8) is 0 Å². The Labute approximate surface area is 132 Å². The molecule has 1 saturated carbocycles. The van der Waals surface area contributed by atoms with Crippen LogP contribution in [0.15, 0.2) is 17.5 Å². The lowest BCUT2D eigenvalue weighted by Gasteiger charge is -2.33. The van der Waals surface area contributed by atoms with Gasteiger partial charge in [-0.3, -0.25) is 4.79 Å². The van der Waals surface area contributed by atoms with E-state index in [-0.39, 0.29) is 17.4 Å². The summed E-state index contributed by atoms with van der Waals surface area (Å²) in [5.74, 6) is 0.548. The van der Waals surface area contributed by atoms with Crippen molar-refractivity contribution in [2.45, 2.75) is 58.4 Å². The number of hydrogen-bond acceptors (Lipinski definition) is 3. The molecule has 1 aliphatic carbocycles. The largest absolute Gasteiger partial charge is 0.348 e. The summed E-state index contributed by atoms with van der Waals surface area (Å²) >= 11 is 1.71. The third kappa shape index (κ3) is 3.86. The summed E-state index contributed by atoms with van der Waals surface area (Å²) < 4.78 is 0. The Hall–Kier alpha value is -0.870.